The van der Waals surface area contributed by atoms with E-state index in [4.69, 9.17) is 14.2 Å². The highest BCUT2D eigenvalue weighted by atomic mass is 16.5. The van der Waals surface area contributed by atoms with E-state index in [9.17, 15) is 0 Å². The molecule has 10 rings (SSSR count). The van der Waals surface area contributed by atoms with Gasteiger partial charge in [-0.1, -0.05) is 54.6 Å². The van der Waals surface area contributed by atoms with E-state index in [0.717, 1.165) is 85.0 Å². The van der Waals surface area contributed by atoms with Gasteiger partial charge in [0.05, 0.1) is 28.4 Å². The molecular formula is C36H21BN2O3. The van der Waals surface area contributed by atoms with Crippen molar-refractivity contribution in [2.45, 2.75) is 0 Å². The van der Waals surface area contributed by atoms with Crippen LogP contribution in [0.25, 0.3) is 0 Å². The standard InChI is InChI=1S/C36H21BN2O3/c1-2-10-22(11-3-1)38-24-12-4-6-14-26(24)39(27-15-7-5-13-25(27)38)23-20-32-36-33(21-23)42-31-19-9-17-29-35(31)37(36)34-28(40-29)16-8-18-30(34)41-32/h1-21H. The second-order valence-corrected chi connectivity index (χ2v) is 10.9. The zero-order valence-corrected chi connectivity index (χ0v) is 22.3. The normalized spacial score (nSPS) is 14.1. The number of anilines is 6. The number of rotatable bonds is 2. The van der Waals surface area contributed by atoms with Gasteiger partial charge in [0, 0.05) is 34.2 Å². The Labute approximate surface area is 242 Å². The summed E-state index contributed by atoms with van der Waals surface area (Å²) in [4.78, 5) is 4.64. The largest absolute Gasteiger partial charge is 0.458 e. The molecule has 0 unspecified atom stereocenters. The Morgan fingerprint density at radius 3 is 1.21 bits per heavy atom. The molecule has 0 saturated carbocycles. The molecule has 0 saturated heterocycles. The molecule has 0 radical (unpaired) electrons. The maximum atomic E-state index is 6.65. The Kier molecular flexibility index (Phi) is 4.20. The van der Waals surface area contributed by atoms with Crippen LogP contribution < -0.4 is 40.4 Å². The molecule has 42 heavy (non-hydrogen) atoms. The summed E-state index contributed by atoms with van der Waals surface area (Å²) >= 11 is 0. The fraction of sp³-hybridized carbons (Fsp3) is 0. The van der Waals surface area contributed by atoms with Gasteiger partial charge in [-0.3, -0.25) is 0 Å². The molecule has 0 aromatic heterocycles. The molecule has 0 aliphatic carbocycles. The van der Waals surface area contributed by atoms with Crippen LogP contribution in [-0.4, -0.2) is 6.71 Å². The Hall–Kier alpha value is -5.62. The van der Waals surface area contributed by atoms with Crippen molar-refractivity contribution >= 4 is 57.2 Å². The number of fused-ring (bicyclic) bond motifs is 2. The van der Waals surface area contributed by atoms with Crippen LogP contribution in [0.15, 0.2) is 127 Å². The second-order valence-electron chi connectivity index (χ2n) is 10.9. The van der Waals surface area contributed by atoms with Crippen molar-refractivity contribution < 1.29 is 14.2 Å². The fourth-order valence-corrected chi connectivity index (χ4v) is 7.01. The first-order valence-electron chi connectivity index (χ1n) is 14.1. The average molecular weight is 540 g/mol. The number of ether oxygens (including phenoxy) is 3. The Morgan fingerprint density at radius 1 is 0.357 bits per heavy atom. The lowest BCUT2D eigenvalue weighted by molar-refractivity contribution is 0.443. The van der Waals surface area contributed by atoms with Gasteiger partial charge in [0.25, 0.3) is 6.71 Å². The first kappa shape index (κ1) is 22.1. The molecule has 0 spiro atoms. The van der Waals surface area contributed by atoms with E-state index in [2.05, 4.69) is 101 Å². The third kappa shape index (κ3) is 2.83. The highest BCUT2D eigenvalue weighted by molar-refractivity contribution is 6.99. The van der Waals surface area contributed by atoms with Gasteiger partial charge in [-0.2, -0.15) is 0 Å². The summed E-state index contributed by atoms with van der Waals surface area (Å²) in [6, 6.07) is 44.0. The van der Waals surface area contributed by atoms with Crippen molar-refractivity contribution in [2.24, 2.45) is 0 Å². The third-order valence-electron chi connectivity index (χ3n) is 8.67. The second kappa shape index (κ2) is 7.98. The van der Waals surface area contributed by atoms with Crippen molar-refractivity contribution in [1.29, 1.82) is 0 Å². The Balaban J connectivity index is 1.21. The lowest BCUT2D eigenvalue weighted by Gasteiger charge is -2.41. The summed E-state index contributed by atoms with van der Waals surface area (Å²) in [6.07, 6.45) is 0. The first-order chi connectivity index (χ1) is 20.8. The number of hydrogen-bond donors (Lipinski definition) is 0. The number of hydrogen-bond acceptors (Lipinski definition) is 5. The lowest BCUT2D eigenvalue weighted by atomic mass is 9.34. The molecule has 6 aromatic carbocycles. The topological polar surface area (TPSA) is 34.2 Å². The van der Waals surface area contributed by atoms with E-state index in [1.165, 1.54) is 0 Å². The Bertz CT molecular complexity index is 1990. The zero-order chi connectivity index (χ0) is 27.4. The van der Waals surface area contributed by atoms with Gasteiger partial charge in [-0.25, -0.2) is 0 Å². The average Bonchev–Trinajstić information content (AvgIpc) is 3.04. The van der Waals surface area contributed by atoms with Gasteiger partial charge in [0.15, 0.2) is 0 Å². The lowest BCUT2D eigenvalue weighted by Crippen LogP contribution is -2.59. The molecule has 0 atom stereocenters. The molecular weight excluding hydrogens is 519 g/mol. The van der Waals surface area contributed by atoms with Crippen LogP contribution in [0.2, 0.25) is 0 Å². The molecule has 4 aliphatic heterocycles. The number of para-hydroxylation sites is 5. The van der Waals surface area contributed by atoms with E-state index >= 15 is 0 Å². The Morgan fingerprint density at radius 2 is 0.738 bits per heavy atom. The summed E-state index contributed by atoms with van der Waals surface area (Å²) in [5.41, 5.74) is 9.63. The SMILES string of the molecule is c1ccc(N2c3ccccc3N(c3cc4c5c(c3)Oc3cccc6c3B5c3c(cccc3O4)O6)c3ccccc32)cc1. The highest BCUT2D eigenvalue weighted by Crippen LogP contribution is 2.55. The summed E-state index contributed by atoms with van der Waals surface area (Å²) in [5.74, 6) is 4.93. The minimum atomic E-state index is -0.00722. The summed E-state index contributed by atoms with van der Waals surface area (Å²) < 4.78 is 19.6. The van der Waals surface area contributed by atoms with Gasteiger partial charge in [0.1, 0.15) is 34.5 Å². The van der Waals surface area contributed by atoms with Crippen LogP contribution in [0.5, 0.6) is 34.5 Å². The van der Waals surface area contributed by atoms with Crippen LogP contribution >= 0.6 is 0 Å². The molecule has 4 aliphatic rings. The van der Waals surface area contributed by atoms with Crippen molar-refractivity contribution in [3.8, 4) is 34.5 Å². The molecule has 0 fully saturated rings. The monoisotopic (exact) mass is 540 g/mol. The zero-order valence-electron chi connectivity index (χ0n) is 22.3. The molecule has 0 bridgehead atoms. The van der Waals surface area contributed by atoms with Crippen molar-refractivity contribution in [3.05, 3.63) is 127 Å². The molecule has 5 nitrogen and oxygen atoms in total. The van der Waals surface area contributed by atoms with E-state index in [1.54, 1.807) is 0 Å². The molecule has 0 N–H and O–H groups in total. The number of benzene rings is 6. The van der Waals surface area contributed by atoms with Crippen molar-refractivity contribution in [2.75, 3.05) is 9.80 Å². The van der Waals surface area contributed by atoms with Crippen LogP contribution in [0.3, 0.4) is 0 Å². The van der Waals surface area contributed by atoms with Crippen LogP contribution in [0, 0.1) is 0 Å². The summed E-state index contributed by atoms with van der Waals surface area (Å²) in [5, 5.41) is 0. The van der Waals surface area contributed by atoms with Gasteiger partial charge < -0.3 is 24.0 Å². The van der Waals surface area contributed by atoms with E-state index in [-0.39, 0.29) is 6.71 Å². The minimum Gasteiger partial charge on any atom is -0.458 e. The van der Waals surface area contributed by atoms with Crippen LogP contribution in [0.1, 0.15) is 0 Å². The smallest absolute Gasteiger partial charge is 0.270 e. The quantitative estimate of drug-likeness (QED) is 0.209. The van der Waals surface area contributed by atoms with Gasteiger partial charge in [0.2, 0.25) is 0 Å². The van der Waals surface area contributed by atoms with Crippen molar-refractivity contribution in [3.63, 3.8) is 0 Å². The predicted octanol–water partition coefficient (Wildman–Crippen LogP) is 7.77. The fourth-order valence-electron chi connectivity index (χ4n) is 7.01. The molecule has 0 amide bonds. The van der Waals surface area contributed by atoms with E-state index < -0.39 is 0 Å². The molecule has 196 valence electrons. The highest BCUT2D eigenvalue weighted by Gasteiger charge is 2.46. The number of nitrogens with zero attached hydrogens (tertiary/aromatic N) is 2. The third-order valence-corrected chi connectivity index (χ3v) is 8.67. The maximum absolute atomic E-state index is 6.65. The van der Waals surface area contributed by atoms with Crippen molar-refractivity contribution in [1.82, 2.24) is 0 Å². The van der Waals surface area contributed by atoms with Gasteiger partial charge >= 0.3 is 0 Å². The van der Waals surface area contributed by atoms with Crippen LogP contribution in [0.4, 0.5) is 34.1 Å². The summed E-state index contributed by atoms with van der Waals surface area (Å²) in [7, 11) is 0. The molecule has 6 aromatic rings. The predicted molar refractivity (Wildman–Crippen MR) is 167 cm³/mol. The van der Waals surface area contributed by atoms with Gasteiger partial charge in [-0.15, -0.1) is 0 Å². The first-order valence-corrected chi connectivity index (χ1v) is 14.1. The molecule has 4 heterocycles. The van der Waals surface area contributed by atoms with Crippen LogP contribution in [-0.2, 0) is 0 Å². The summed E-state index contributed by atoms with van der Waals surface area (Å²) in [6.45, 7) is -0.00722. The van der Waals surface area contributed by atoms with E-state index in [0.29, 0.717) is 0 Å². The maximum Gasteiger partial charge on any atom is 0.270 e. The minimum absolute atomic E-state index is 0.00722. The van der Waals surface area contributed by atoms with Gasteiger partial charge in [-0.05, 0) is 60.7 Å². The molecule has 6 heteroatoms. The van der Waals surface area contributed by atoms with E-state index in [1.807, 2.05) is 36.4 Å².